The fraction of sp³-hybridized carbons (Fsp3) is 0.385. The first kappa shape index (κ1) is 14.5. The van der Waals surface area contributed by atoms with Crippen LogP contribution in [0.1, 0.15) is 40.2 Å². The molecule has 0 saturated carbocycles. The van der Waals surface area contributed by atoms with Crippen molar-refractivity contribution in [3.8, 4) is 0 Å². The molecule has 7 heteroatoms. The van der Waals surface area contributed by atoms with Crippen molar-refractivity contribution in [1.82, 2.24) is 10.5 Å². The van der Waals surface area contributed by atoms with Crippen molar-refractivity contribution in [3.63, 3.8) is 0 Å². The molecule has 20 heavy (non-hydrogen) atoms. The van der Waals surface area contributed by atoms with Gasteiger partial charge in [0, 0.05) is 19.5 Å². The number of carbonyl (C=O) groups excluding carboxylic acids is 3. The van der Waals surface area contributed by atoms with E-state index < -0.39 is 0 Å². The lowest BCUT2D eigenvalue weighted by molar-refractivity contribution is -0.120. The number of unbranched alkanes of at least 4 members (excludes halogenated alkanes) is 1. The second-order valence-electron chi connectivity index (χ2n) is 4.25. The molecule has 2 rings (SSSR count). The van der Waals surface area contributed by atoms with Crippen molar-refractivity contribution in [1.29, 1.82) is 0 Å². The summed E-state index contributed by atoms with van der Waals surface area (Å²) in [7, 11) is 1.60. The molecule has 1 amide bonds. The molecule has 0 radical (unpaired) electrons. The average molecular weight is 294 g/mol. The van der Waals surface area contributed by atoms with Crippen molar-refractivity contribution in [2.75, 3.05) is 12.8 Å². The predicted octanol–water partition coefficient (Wildman–Crippen LogP) is 1.59. The Hall–Kier alpha value is -1.89. The van der Waals surface area contributed by atoms with Gasteiger partial charge in [0.2, 0.25) is 23.2 Å². The number of carbonyl (C=O) groups is 3. The van der Waals surface area contributed by atoms with E-state index in [1.165, 1.54) is 24.0 Å². The van der Waals surface area contributed by atoms with Gasteiger partial charge < -0.3 is 9.84 Å². The van der Waals surface area contributed by atoms with E-state index in [1.54, 1.807) is 7.05 Å². The van der Waals surface area contributed by atoms with E-state index >= 15 is 0 Å². The molecule has 0 aromatic carbocycles. The Kier molecular flexibility index (Phi) is 4.73. The fourth-order valence-electron chi connectivity index (χ4n) is 1.76. The molecule has 1 aromatic heterocycles. The van der Waals surface area contributed by atoms with E-state index in [-0.39, 0.29) is 28.8 Å². The number of nitrogens with zero attached hydrogens (tertiary/aromatic N) is 1. The van der Waals surface area contributed by atoms with E-state index in [0.29, 0.717) is 17.1 Å². The zero-order valence-electron chi connectivity index (χ0n) is 11.0. The highest BCUT2D eigenvalue weighted by Crippen LogP contribution is 2.28. The number of hydrogen-bond acceptors (Lipinski definition) is 6. The lowest BCUT2D eigenvalue weighted by Crippen LogP contribution is -2.17. The standard InChI is InChI=1S/C13H14N2O4S/c1-14-11(17)4-2-3-5-20-10-6-9(16)13-8(12(10)18)7-15-19-13/h6-7H,2-5H2,1H3,(H,14,17). The zero-order valence-corrected chi connectivity index (χ0v) is 11.8. The number of amides is 1. The molecule has 0 unspecified atom stereocenters. The van der Waals surface area contributed by atoms with E-state index in [9.17, 15) is 14.4 Å². The normalized spacial score (nSPS) is 13.9. The first-order valence-corrected chi connectivity index (χ1v) is 7.21. The van der Waals surface area contributed by atoms with Gasteiger partial charge in [0.15, 0.2) is 0 Å². The zero-order chi connectivity index (χ0) is 14.5. The number of allylic oxidation sites excluding steroid dienone is 2. The number of rotatable bonds is 6. The molecule has 1 aliphatic carbocycles. The van der Waals surface area contributed by atoms with Crippen LogP contribution in [0.5, 0.6) is 0 Å². The van der Waals surface area contributed by atoms with Crippen LogP contribution in [0.3, 0.4) is 0 Å². The minimum absolute atomic E-state index is 0.00671. The fourth-order valence-corrected chi connectivity index (χ4v) is 2.76. The Labute approximate surface area is 120 Å². The van der Waals surface area contributed by atoms with Crippen LogP contribution in [0.4, 0.5) is 0 Å². The van der Waals surface area contributed by atoms with Crippen LogP contribution in [-0.2, 0) is 4.79 Å². The molecule has 0 bridgehead atoms. The third-order valence-corrected chi connectivity index (χ3v) is 3.97. The monoisotopic (exact) mass is 294 g/mol. The number of thioether (sulfide) groups is 1. The highest BCUT2D eigenvalue weighted by Gasteiger charge is 2.29. The molecule has 0 spiro atoms. The summed E-state index contributed by atoms with van der Waals surface area (Å²) in [4.78, 5) is 35.2. The molecular formula is C13H14N2O4S. The molecule has 0 atom stereocenters. The maximum Gasteiger partial charge on any atom is 0.225 e. The summed E-state index contributed by atoms with van der Waals surface area (Å²) in [5.41, 5.74) is 0.227. The maximum atomic E-state index is 12.0. The second kappa shape index (κ2) is 6.51. The highest BCUT2D eigenvalue weighted by atomic mass is 32.2. The SMILES string of the molecule is CNC(=O)CCCCSC1=CC(=O)c2oncc2C1=O. The first-order chi connectivity index (χ1) is 9.63. The van der Waals surface area contributed by atoms with Crippen molar-refractivity contribution in [2.24, 2.45) is 0 Å². The summed E-state index contributed by atoms with van der Waals surface area (Å²) >= 11 is 1.33. The van der Waals surface area contributed by atoms with E-state index in [1.807, 2.05) is 0 Å². The molecular weight excluding hydrogens is 280 g/mol. The van der Waals surface area contributed by atoms with Crippen molar-refractivity contribution in [3.05, 3.63) is 28.5 Å². The lowest BCUT2D eigenvalue weighted by Gasteiger charge is -2.09. The Bertz CT molecular complexity index is 577. The first-order valence-electron chi connectivity index (χ1n) is 6.22. The van der Waals surface area contributed by atoms with Gasteiger partial charge in [-0.15, -0.1) is 11.8 Å². The molecule has 1 N–H and O–H groups in total. The van der Waals surface area contributed by atoms with Gasteiger partial charge in [0.05, 0.1) is 16.7 Å². The quantitative estimate of drug-likeness (QED) is 0.801. The molecule has 1 heterocycles. The van der Waals surface area contributed by atoms with Gasteiger partial charge in [0.1, 0.15) is 0 Å². The molecule has 0 aliphatic heterocycles. The third kappa shape index (κ3) is 3.16. The molecule has 0 saturated heterocycles. The van der Waals surface area contributed by atoms with Gasteiger partial charge in [-0.2, -0.15) is 0 Å². The largest absolute Gasteiger partial charge is 0.359 e. The smallest absolute Gasteiger partial charge is 0.225 e. The number of hydrogen-bond donors (Lipinski definition) is 1. The molecule has 6 nitrogen and oxygen atoms in total. The van der Waals surface area contributed by atoms with Crippen LogP contribution in [0.2, 0.25) is 0 Å². The van der Waals surface area contributed by atoms with Crippen LogP contribution >= 0.6 is 11.8 Å². The summed E-state index contributed by atoms with van der Waals surface area (Å²) in [5.74, 6) is 0.149. The topological polar surface area (TPSA) is 89.3 Å². The average Bonchev–Trinajstić information content (AvgIpc) is 2.93. The van der Waals surface area contributed by atoms with Gasteiger partial charge in [-0.05, 0) is 18.6 Å². The molecule has 1 aliphatic rings. The van der Waals surface area contributed by atoms with E-state index in [0.717, 1.165) is 12.8 Å². The Balaban J connectivity index is 1.84. The summed E-state index contributed by atoms with van der Waals surface area (Å²) < 4.78 is 4.75. The Morgan fingerprint density at radius 2 is 2.20 bits per heavy atom. The number of fused-ring (bicyclic) bond motifs is 1. The Morgan fingerprint density at radius 3 is 2.95 bits per heavy atom. The van der Waals surface area contributed by atoms with Crippen LogP contribution in [0, 0.1) is 0 Å². The van der Waals surface area contributed by atoms with E-state index in [2.05, 4.69) is 10.5 Å². The number of aromatic nitrogens is 1. The highest BCUT2D eigenvalue weighted by molar-refractivity contribution is 8.04. The van der Waals surface area contributed by atoms with Crippen molar-refractivity contribution < 1.29 is 18.9 Å². The number of nitrogens with one attached hydrogen (secondary N) is 1. The van der Waals surface area contributed by atoms with Gasteiger partial charge in [-0.25, -0.2) is 0 Å². The van der Waals surface area contributed by atoms with Crippen LogP contribution in [-0.4, -0.2) is 35.4 Å². The summed E-state index contributed by atoms with van der Waals surface area (Å²) in [6.07, 6.45) is 4.58. The minimum atomic E-state index is -0.329. The summed E-state index contributed by atoms with van der Waals surface area (Å²) in [6.45, 7) is 0. The summed E-state index contributed by atoms with van der Waals surface area (Å²) in [6, 6.07) is 0. The molecule has 0 fully saturated rings. The predicted molar refractivity (Wildman–Crippen MR) is 73.6 cm³/mol. The van der Waals surface area contributed by atoms with Crippen LogP contribution in [0.15, 0.2) is 21.7 Å². The number of ketones is 2. The van der Waals surface area contributed by atoms with Gasteiger partial charge in [-0.3, -0.25) is 14.4 Å². The molecule has 106 valence electrons. The maximum absolute atomic E-state index is 12.0. The molecule has 1 aromatic rings. The minimum Gasteiger partial charge on any atom is -0.359 e. The number of Topliss-reactive ketones (excluding diaryl/α,β-unsaturated/α-hetero) is 1. The van der Waals surface area contributed by atoms with Crippen molar-refractivity contribution >= 4 is 29.2 Å². The van der Waals surface area contributed by atoms with Gasteiger partial charge in [0.25, 0.3) is 0 Å². The summed E-state index contributed by atoms with van der Waals surface area (Å²) in [5, 5.41) is 6.03. The third-order valence-electron chi connectivity index (χ3n) is 2.86. The Morgan fingerprint density at radius 1 is 1.40 bits per heavy atom. The van der Waals surface area contributed by atoms with E-state index in [4.69, 9.17) is 4.52 Å². The van der Waals surface area contributed by atoms with Gasteiger partial charge in [-0.1, -0.05) is 5.16 Å². The lowest BCUT2D eigenvalue weighted by atomic mass is 10.0. The van der Waals surface area contributed by atoms with Gasteiger partial charge >= 0.3 is 0 Å². The second-order valence-corrected chi connectivity index (χ2v) is 5.39. The van der Waals surface area contributed by atoms with Crippen molar-refractivity contribution in [2.45, 2.75) is 19.3 Å². The van der Waals surface area contributed by atoms with Crippen LogP contribution < -0.4 is 5.32 Å². The van der Waals surface area contributed by atoms with Crippen LogP contribution in [0.25, 0.3) is 0 Å².